The van der Waals surface area contributed by atoms with Crippen LogP contribution in [0.1, 0.15) is 52.6 Å². The van der Waals surface area contributed by atoms with Crippen molar-refractivity contribution in [3.8, 4) is 0 Å². The van der Waals surface area contributed by atoms with Crippen molar-refractivity contribution >= 4 is 6.09 Å². The largest absolute Gasteiger partial charge is 0.444 e. The van der Waals surface area contributed by atoms with Gasteiger partial charge in [0.15, 0.2) is 0 Å². The van der Waals surface area contributed by atoms with Gasteiger partial charge in [0.25, 0.3) is 0 Å². The summed E-state index contributed by atoms with van der Waals surface area (Å²) in [4.78, 5) is 14.2. The third-order valence-corrected chi connectivity index (χ3v) is 3.68. The van der Waals surface area contributed by atoms with Gasteiger partial charge in [0, 0.05) is 14.5 Å². The Morgan fingerprint density at radius 2 is 1.91 bits per heavy atom. The monoisotopic (exact) mass is 306 g/mol. The molecule has 1 fully saturated rings. The van der Waals surface area contributed by atoms with Gasteiger partial charge in [0.1, 0.15) is 5.60 Å². The lowest BCUT2D eigenvalue weighted by Crippen LogP contribution is -2.32. The molecule has 1 aliphatic heterocycles. The third kappa shape index (κ3) is 6.06. The van der Waals surface area contributed by atoms with Crippen LogP contribution in [-0.4, -0.2) is 29.7 Å². The number of likely N-dealkylation sites (tertiary alicyclic amines) is 1. The van der Waals surface area contributed by atoms with Gasteiger partial charge in [0.05, 0.1) is 0 Å². The van der Waals surface area contributed by atoms with Gasteiger partial charge in [-0.15, -0.1) is 0 Å². The number of ether oxygens (including phenoxy) is 1. The second-order valence-electron chi connectivity index (χ2n) is 7.01. The van der Waals surface area contributed by atoms with E-state index in [9.17, 15) is 4.79 Å². The first-order chi connectivity index (χ1) is 10.4. The molecule has 0 aromatic heterocycles. The summed E-state index contributed by atoms with van der Waals surface area (Å²) in [5.74, 6) is 0. The number of piperidine rings is 1. The Morgan fingerprint density at radius 3 is 2.59 bits per heavy atom. The van der Waals surface area contributed by atoms with Crippen molar-refractivity contribution in [1.82, 2.24) is 10.2 Å². The van der Waals surface area contributed by atoms with Crippen molar-refractivity contribution < 1.29 is 11.0 Å². The molecule has 1 saturated heterocycles. The molecule has 124 valence electrons. The lowest BCUT2D eigenvalue weighted by Gasteiger charge is -2.26. The van der Waals surface area contributed by atoms with Crippen molar-refractivity contribution in [2.24, 2.45) is 0 Å². The molecular weight excluding hydrogens is 276 g/mol. The maximum absolute atomic E-state index is 11.7. The summed E-state index contributed by atoms with van der Waals surface area (Å²) >= 11 is 0. The molecule has 0 saturated carbocycles. The second kappa shape index (κ2) is 7.63. The van der Waals surface area contributed by atoms with E-state index in [1.165, 1.54) is 37.9 Å². The molecule has 2 rings (SSSR count). The fourth-order valence-corrected chi connectivity index (χ4v) is 2.70. The molecule has 0 radical (unpaired) electrons. The van der Waals surface area contributed by atoms with Crippen LogP contribution in [0.25, 0.3) is 0 Å². The number of alkyl carbamates (subject to hydrolysis) is 1. The first kappa shape index (κ1) is 16.8. The Morgan fingerprint density at radius 1 is 1.23 bits per heavy atom. The van der Waals surface area contributed by atoms with Crippen molar-refractivity contribution in [1.29, 1.82) is 0 Å². The molecule has 22 heavy (non-hydrogen) atoms. The van der Waals surface area contributed by atoms with Crippen LogP contribution in [0.15, 0.2) is 24.3 Å². The van der Waals surface area contributed by atoms with Crippen molar-refractivity contribution in [2.45, 2.75) is 58.7 Å². The molecule has 1 aliphatic rings. The summed E-state index contributed by atoms with van der Waals surface area (Å²) in [5.41, 5.74) is 1.96. The van der Waals surface area contributed by atoms with Gasteiger partial charge in [-0.1, -0.05) is 30.7 Å². The predicted molar refractivity (Wildman–Crippen MR) is 90.8 cm³/mol. The van der Waals surface area contributed by atoms with Crippen molar-refractivity contribution in [2.75, 3.05) is 13.1 Å². The highest BCUT2D eigenvalue weighted by Gasteiger charge is 2.15. The Kier molecular flexibility index (Phi) is 5.83. The fourth-order valence-electron chi connectivity index (χ4n) is 2.70. The summed E-state index contributed by atoms with van der Waals surface area (Å²) in [6.45, 7) is 9.49. The van der Waals surface area contributed by atoms with Gasteiger partial charge in [-0.05, 0) is 57.8 Å². The van der Waals surface area contributed by atoms with E-state index in [-0.39, 0.29) is 7.52 Å². The number of carbonyl (C=O) groups excluding carboxylic acids is 1. The van der Waals surface area contributed by atoms with Crippen LogP contribution >= 0.6 is 0 Å². The molecule has 1 aromatic rings. The summed E-state index contributed by atoms with van der Waals surface area (Å²) in [7, 11) is 0. The third-order valence-electron chi connectivity index (χ3n) is 3.68. The minimum absolute atomic E-state index is 0. The van der Waals surface area contributed by atoms with E-state index in [0.29, 0.717) is 6.54 Å². The van der Waals surface area contributed by atoms with E-state index in [2.05, 4.69) is 28.4 Å². The van der Waals surface area contributed by atoms with E-state index in [1.807, 2.05) is 26.8 Å². The number of carbonyl (C=O) groups is 1. The Balaban J connectivity index is 0.00000264. The summed E-state index contributed by atoms with van der Waals surface area (Å²) < 4.78 is 5.25. The molecule has 4 nitrogen and oxygen atoms in total. The zero-order chi connectivity index (χ0) is 16.0. The van der Waals surface area contributed by atoms with Crippen LogP contribution in [0.3, 0.4) is 0 Å². The van der Waals surface area contributed by atoms with Gasteiger partial charge in [0.2, 0.25) is 0 Å². The predicted octanol–water partition coefficient (Wildman–Crippen LogP) is 3.94. The average molecular weight is 306 g/mol. The van der Waals surface area contributed by atoms with Gasteiger partial charge in [-0.3, -0.25) is 4.90 Å². The zero-order valence-electron chi connectivity index (χ0n) is 14.0. The standard InChI is InChI=1S/C18H28N2O2.H2/c1-18(2,3)22-17(21)19-13-15-8-7-9-16(12-15)14-20-10-5-4-6-11-20;/h7-9,12H,4-6,10-11,13-14H2,1-3H3,(H,19,21);1H. The Hall–Kier alpha value is -1.55. The first-order valence-electron chi connectivity index (χ1n) is 8.19. The maximum Gasteiger partial charge on any atom is 0.407 e. The molecular formula is C18H30N2O2. The molecule has 0 unspecified atom stereocenters. The number of hydrogen-bond donors (Lipinski definition) is 1. The molecule has 0 atom stereocenters. The average Bonchev–Trinajstić information content (AvgIpc) is 2.45. The van der Waals surface area contributed by atoms with E-state index in [0.717, 1.165) is 12.1 Å². The number of hydrogen-bond acceptors (Lipinski definition) is 3. The van der Waals surface area contributed by atoms with E-state index >= 15 is 0 Å². The number of benzene rings is 1. The van der Waals surface area contributed by atoms with Gasteiger partial charge in [-0.25, -0.2) is 4.79 Å². The van der Waals surface area contributed by atoms with Crippen LogP contribution in [-0.2, 0) is 17.8 Å². The zero-order valence-corrected chi connectivity index (χ0v) is 14.0. The van der Waals surface area contributed by atoms with Gasteiger partial charge in [-0.2, -0.15) is 0 Å². The van der Waals surface area contributed by atoms with Crippen LogP contribution in [0.5, 0.6) is 0 Å². The first-order valence-corrected chi connectivity index (χ1v) is 8.19. The highest BCUT2D eigenvalue weighted by molar-refractivity contribution is 5.67. The molecule has 0 spiro atoms. The second-order valence-corrected chi connectivity index (χ2v) is 7.01. The number of nitrogens with one attached hydrogen (secondary N) is 1. The number of nitrogens with zero attached hydrogens (tertiary/aromatic N) is 1. The SMILES string of the molecule is CC(C)(C)OC(=O)NCc1cccc(CN2CCCCC2)c1.[HH]. The van der Waals surface area contributed by atoms with E-state index in [1.54, 1.807) is 0 Å². The molecule has 1 amide bonds. The van der Waals surface area contributed by atoms with Gasteiger partial charge < -0.3 is 10.1 Å². The van der Waals surface area contributed by atoms with E-state index < -0.39 is 5.60 Å². The molecule has 0 bridgehead atoms. The van der Waals surface area contributed by atoms with Crippen LogP contribution in [0, 0.1) is 0 Å². The van der Waals surface area contributed by atoms with Gasteiger partial charge >= 0.3 is 6.09 Å². The fraction of sp³-hybridized carbons (Fsp3) is 0.611. The smallest absolute Gasteiger partial charge is 0.407 e. The molecule has 1 heterocycles. The highest BCUT2D eigenvalue weighted by atomic mass is 16.6. The lowest BCUT2D eigenvalue weighted by molar-refractivity contribution is 0.0523. The maximum atomic E-state index is 11.7. The number of amides is 1. The molecule has 4 heteroatoms. The summed E-state index contributed by atoms with van der Waals surface area (Å²) in [6.07, 6.45) is 3.60. The minimum Gasteiger partial charge on any atom is -0.444 e. The van der Waals surface area contributed by atoms with Crippen LogP contribution in [0.2, 0.25) is 0 Å². The topological polar surface area (TPSA) is 41.6 Å². The van der Waals surface area contributed by atoms with Crippen molar-refractivity contribution in [3.63, 3.8) is 0 Å². The molecule has 1 N–H and O–H groups in total. The van der Waals surface area contributed by atoms with Crippen LogP contribution in [0.4, 0.5) is 4.79 Å². The molecule has 1 aromatic carbocycles. The minimum atomic E-state index is -0.458. The quantitative estimate of drug-likeness (QED) is 0.916. The summed E-state index contributed by atoms with van der Waals surface area (Å²) in [5, 5.41) is 2.81. The van der Waals surface area contributed by atoms with E-state index in [4.69, 9.17) is 4.74 Å². The normalized spacial score (nSPS) is 16.3. The Bertz CT molecular complexity index is 494. The lowest BCUT2D eigenvalue weighted by atomic mass is 10.1. The van der Waals surface area contributed by atoms with Crippen molar-refractivity contribution in [3.05, 3.63) is 35.4 Å². The molecule has 0 aliphatic carbocycles. The Labute approximate surface area is 135 Å². The van der Waals surface area contributed by atoms with Crippen LogP contribution < -0.4 is 5.32 Å². The summed E-state index contributed by atoms with van der Waals surface area (Å²) in [6, 6.07) is 8.43. The number of rotatable bonds is 4. The highest BCUT2D eigenvalue weighted by Crippen LogP contribution is 2.14.